The van der Waals surface area contributed by atoms with Gasteiger partial charge in [-0.2, -0.15) is 0 Å². The van der Waals surface area contributed by atoms with E-state index < -0.39 is 6.09 Å². The summed E-state index contributed by atoms with van der Waals surface area (Å²) in [5, 5.41) is 4.57. The Labute approximate surface area is 183 Å². The Kier molecular flexibility index (Phi) is 5.93. The summed E-state index contributed by atoms with van der Waals surface area (Å²) in [6.45, 7) is 4.82. The molecule has 3 aliphatic rings. The lowest BCUT2D eigenvalue weighted by Crippen LogP contribution is -2.50. The second kappa shape index (κ2) is 9.14. The normalized spacial score (nSPS) is 19.9. The number of fused-ring (bicyclic) bond motifs is 1. The SMILES string of the molecule is O=C(Nc1ccnc(N2CCN(C3CCCC3)CC2)c1)ON1CCCc2ccccc21. The van der Waals surface area contributed by atoms with Crippen LogP contribution in [0.25, 0.3) is 0 Å². The molecule has 1 aliphatic carbocycles. The number of benzene rings is 1. The number of para-hydroxylation sites is 1. The number of rotatable bonds is 4. The molecule has 0 bridgehead atoms. The first-order valence-electron chi connectivity index (χ1n) is 11.6. The second-order valence-electron chi connectivity index (χ2n) is 8.70. The number of aryl methyl sites for hydroxylation is 1. The van der Waals surface area contributed by atoms with Gasteiger partial charge in [-0.15, -0.1) is 0 Å². The summed E-state index contributed by atoms with van der Waals surface area (Å²) in [6, 6.07) is 12.6. The summed E-state index contributed by atoms with van der Waals surface area (Å²) in [6.07, 6.45) is 8.71. The van der Waals surface area contributed by atoms with E-state index in [4.69, 9.17) is 4.84 Å². The Bertz CT molecular complexity index is 906. The Morgan fingerprint density at radius 1 is 1.00 bits per heavy atom. The largest absolute Gasteiger partial charge is 0.436 e. The Morgan fingerprint density at radius 2 is 1.81 bits per heavy atom. The van der Waals surface area contributed by atoms with E-state index in [2.05, 4.69) is 26.2 Å². The van der Waals surface area contributed by atoms with Gasteiger partial charge >= 0.3 is 6.09 Å². The average Bonchev–Trinajstić information content (AvgIpc) is 3.35. The van der Waals surface area contributed by atoms with E-state index in [1.54, 1.807) is 11.3 Å². The first-order valence-corrected chi connectivity index (χ1v) is 11.6. The fourth-order valence-corrected chi connectivity index (χ4v) is 5.09. The Balaban J connectivity index is 1.18. The van der Waals surface area contributed by atoms with Gasteiger partial charge in [0.15, 0.2) is 0 Å². The van der Waals surface area contributed by atoms with Crippen molar-refractivity contribution in [2.75, 3.05) is 48.0 Å². The molecule has 1 aromatic carbocycles. The minimum absolute atomic E-state index is 0.472. The lowest BCUT2D eigenvalue weighted by atomic mass is 10.0. The molecule has 31 heavy (non-hydrogen) atoms. The number of nitrogens with one attached hydrogen (secondary N) is 1. The number of aromatic nitrogens is 1. The van der Waals surface area contributed by atoms with Gasteiger partial charge < -0.3 is 9.74 Å². The number of hydroxylamine groups is 1. The highest BCUT2D eigenvalue weighted by molar-refractivity contribution is 5.85. The van der Waals surface area contributed by atoms with Gasteiger partial charge in [-0.1, -0.05) is 31.0 Å². The van der Waals surface area contributed by atoms with Crippen LogP contribution in [-0.2, 0) is 11.3 Å². The Morgan fingerprint density at radius 3 is 2.65 bits per heavy atom. The molecule has 2 aliphatic heterocycles. The summed E-state index contributed by atoms with van der Waals surface area (Å²) < 4.78 is 0. The van der Waals surface area contributed by atoms with Crippen molar-refractivity contribution in [2.24, 2.45) is 0 Å². The van der Waals surface area contributed by atoms with E-state index in [-0.39, 0.29) is 0 Å². The van der Waals surface area contributed by atoms with Crippen molar-refractivity contribution >= 4 is 23.3 Å². The third kappa shape index (κ3) is 4.61. The third-order valence-corrected chi connectivity index (χ3v) is 6.73. The molecule has 0 spiro atoms. The molecule has 1 N–H and O–H groups in total. The zero-order chi connectivity index (χ0) is 21.0. The smallest absolute Gasteiger partial charge is 0.354 e. The molecular formula is C24H31N5O2. The molecular weight excluding hydrogens is 390 g/mol. The number of nitrogens with zero attached hydrogens (tertiary/aromatic N) is 4. The number of hydrogen-bond acceptors (Lipinski definition) is 6. The molecule has 0 atom stereocenters. The third-order valence-electron chi connectivity index (χ3n) is 6.73. The minimum atomic E-state index is -0.472. The summed E-state index contributed by atoms with van der Waals surface area (Å²) in [4.78, 5) is 27.7. The van der Waals surface area contributed by atoms with Crippen LogP contribution in [0.3, 0.4) is 0 Å². The van der Waals surface area contributed by atoms with Crippen molar-refractivity contribution in [2.45, 2.75) is 44.6 Å². The molecule has 7 nitrogen and oxygen atoms in total. The van der Waals surface area contributed by atoms with Crippen molar-refractivity contribution in [3.05, 3.63) is 48.2 Å². The molecule has 2 aromatic rings. The van der Waals surface area contributed by atoms with E-state index in [1.165, 1.54) is 31.2 Å². The van der Waals surface area contributed by atoms with Gasteiger partial charge in [-0.05, 0) is 43.4 Å². The van der Waals surface area contributed by atoms with Gasteiger partial charge in [0.2, 0.25) is 0 Å². The first kappa shape index (κ1) is 20.1. The predicted molar refractivity (Wildman–Crippen MR) is 122 cm³/mol. The maximum atomic E-state index is 12.6. The number of piperazine rings is 1. The topological polar surface area (TPSA) is 60.9 Å². The van der Waals surface area contributed by atoms with Gasteiger partial charge in [0.1, 0.15) is 5.82 Å². The van der Waals surface area contributed by atoms with Crippen molar-refractivity contribution < 1.29 is 9.63 Å². The average molecular weight is 422 g/mol. The molecule has 1 saturated heterocycles. The fourth-order valence-electron chi connectivity index (χ4n) is 5.09. The zero-order valence-corrected chi connectivity index (χ0v) is 18.0. The summed E-state index contributed by atoms with van der Waals surface area (Å²) >= 11 is 0. The lowest BCUT2D eigenvalue weighted by molar-refractivity contribution is 0.145. The molecule has 1 aromatic heterocycles. The highest BCUT2D eigenvalue weighted by Crippen LogP contribution is 2.28. The molecule has 0 unspecified atom stereocenters. The van der Waals surface area contributed by atoms with Crippen LogP contribution in [0.4, 0.5) is 22.0 Å². The molecule has 2 fully saturated rings. The van der Waals surface area contributed by atoms with Crippen molar-refractivity contribution in [1.29, 1.82) is 0 Å². The first-order chi connectivity index (χ1) is 15.3. The highest BCUT2D eigenvalue weighted by atomic mass is 16.7. The maximum absolute atomic E-state index is 12.6. The van der Waals surface area contributed by atoms with E-state index in [0.29, 0.717) is 12.2 Å². The second-order valence-corrected chi connectivity index (χ2v) is 8.70. The molecule has 1 amide bonds. The Hall–Kier alpha value is -2.80. The number of hydrogen-bond donors (Lipinski definition) is 1. The van der Waals surface area contributed by atoms with E-state index >= 15 is 0 Å². The van der Waals surface area contributed by atoms with Crippen LogP contribution in [0.5, 0.6) is 0 Å². The molecule has 7 heteroatoms. The van der Waals surface area contributed by atoms with Crippen LogP contribution in [0.2, 0.25) is 0 Å². The monoisotopic (exact) mass is 421 g/mol. The number of amides is 1. The van der Waals surface area contributed by atoms with Gasteiger partial charge in [-0.3, -0.25) is 10.2 Å². The number of carbonyl (C=O) groups is 1. The van der Waals surface area contributed by atoms with E-state index in [9.17, 15) is 4.79 Å². The van der Waals surface area contributed by atoms with Crippen molar-refractivity contribution in [3.63, 3.8) is 0 Å². The lowest BCUT2D eigenvalue weighted by Gasteiger charge is -2.38. The summed E-state index contributed by atoms with van der Waals surface area (Å²) in [5.41, 5.74) is 2.89. The van der Waals surface area contributed by atoms with Gasteiger partial charge in [0.25, 0.3) is 0 Å². The van der Waals surface area contributed by atoms with Crippen LogP contribution in [-0.4, -0.2) is 54.7 Å². The number of anilines is 3. The molecule has 3 heterocycles. The van der Waals surface area contributed by atoms with E-state index in [0.717, 1.165) is 56.6 Å². The molecule has 5 rings (SSSR count). The minimum Gasteiger partial charge on any atom is -0.354 e. The number of carbonyl (C=O) groups excluding carboxylic acids is 1. The van der Waals surface area contributed by atoms with Gasteiger partial charge in [0, 0.05) is 50.2 Å². The predicted octanol–water partition coefficient (Wildman–Crippen LogP) is 4.06. The summed E-state index contributed by atoms with van der Waals surface area (Å²) in [5.74, 6) is 0.909. The van der Waals surface area contributed by atoms with Crippen molar-refractivity contribution in [1.82, 2.24) is 9.88 Å². The number of pyridine rings is 1. The van der Waals surface area contributed by atoms with E-state index in [1.807, 2.05) is 30.3 Å². The van der Waals surface area contributed by atoms with Crippen LogP contribution in [0.1, 0.15) is 37.7 Å². The summed E-state index contributed by atoms with van der Waals surface area (Å²) in [7, 11) is 0. The van der Waals surface area contributed by atoms with Gasteiger partial charge in [0.05, 0.1) is 12.2 Å². The molecule has 0 radical (unpaired) electrons. The standard InChI is InChI=1S/C24H31N5O2/c30-24(31-29-13-5-7-19-6-1-4-10-22(19)29)26-20-11-12-25-23(18-20)28-16-14-27(15-17-28)21-8-2-3-9-21/h1,4,6,10-12,18,21H,2-3,5,7-9,13-17H2,(H,25,26,30). The van der Waals surface area contributed by atoms with Gasteiger partial charge in [-0.25, -0.2) is 14.8 Å². The van der Waals surface area contributed by atoms with Crippen LogP contribution in [0, 0.1) is 0 Å². The van der Waals surface area contributed by atoms with Crippen LogP contribution >= 0.6 is 0 Å². The molecule has 164 valence electrons. The van der Waals surface area contributed by atoms with Crippen LogP contribution < -0.4 is 15.3 Å². The highest BCUT2D eigenvalue weighted by Gasteiger charge is 2.26. The fraction of sp³-hybridized carbons (Fsp3) is 0.500. The van der Waals surface area contributed by atoms with Crippen LogP contribution in [0.15, 0.2) is 42.6 Å². The quantitative estimate of drug-likeness (QED) is 0.803. The maximum Gasteiger partial charge on any atom is 0.436 e. The molecule has 1 saturated carbocycles. The van der Waals surface area contributed by atoms with Crippen molar-refractivity contribution in [3.8, 4) is 0 Å². The zero-order valence-electron chi connectivity index (χ0n) is 18.0.